The summed E-state index contributed by atoms with van der Waals surface area (Å²) in [5, 5.41) is 7.46. The van der Waals surface area contributed by atoms with Gasteiger partial charge in [0.2, 0.25) is 10.0 Å². The number of nitrogens with zero attached hydrogens (tertiary/aromatic N) is 1. The van der Waals surface area contributed by atoms with Crippen LogP contribution in [0.1, 0.15) is 37.4 Å². The van der Waals surface area contributed by atoms with E-state index in [1.54, 1.807) is 6.07 Å². The van der Waals surface area contributed by atoms with Crippen molar-refractivity contribution >= 4 is 10.0 Å². The molecule has 2 atom stereocenters. The molecule has 1 aromatic carbocycles. The van der Waals surface area contributed by atoms with Crippen LogP contribution in [0.4, 0.5) is 17.6 Å². The highest BCUT2D eigenvalue weighted by molar-refractivity contribution is 7.90. The lowest BCUT2D eigenvalue weighted by molar-refractivity contribution is -0.140. The van der Waals surface area contributed by atoms with Crippen LogP contribution in [-0.4, -0.2) is 13.7 Å². The summed E-state index contributed by atoms with van der Waals surface area (Å²) in [5.74, 6) is -1.44. The Labute approximate surface area is 125 Å². The highest BCUT2D eigenvalue weighted by Gasteiger charge is 2.35. The molecule has 0 fully saturated rings. The largest absolute Gasteiger partial charge is 0.419 e. The molecule has 0 spiro atoms. The first kappa shape index (κ1) is 18.4. The zero-order valence-electron chi connectivity index (χ0n) is 11.8. The third-order valence-corrected chi connectivity index (χ3v) is 4.90. The van der Waals surface area contributed by atoms with E-state index in [2.05, 4.69) is 4.72 Å². The fourth-order valence-electron chi connectivity index (χ4n) is 1.81. The van der Waals surface area contributed by atoms with Crippen molar-refractivity contribution in [2.24, 2.45) is 0 Å². The van der Waals surface area contributed by atoms with Crippen LogP contribution in [0.15, 0.2) is 18.2 Å². The first-order chi connectivity index (χ1) is 10.0. The molecule has 0 bridgehead atoms. The number of halogens is 4. The predicted octanol–water partition coefficient (Wildman–Crippen LogP) is 3.13. The normalized spacial score (nSPS) is 15.1. The number of hydrogen-bond acceptors (Lipinski definition) is 3. The lowest BCUT2D eigenvalue weighted by Gasteiger charge is -2.18. The van der Waals surface area contributed by atoms with Crippen LogP contribution < -0.4 is 4.72 Å². The van der Waals surface area contributed by atoms with E-state index in [0.29, 0.717) is 12.1 Å². The molecule has 0 aliphatic rings. The first-order valence-corrected chi connectivity index (χ1v) is 7.85. The third-order valence-electron chi connectivity index (χ3n) is 3.03. The van der Waals surface area contributed by atoms with Crippen LogP contribution in [0.3, 0.4) is 0 Å². The zero-order chi connectivity index (χ0) is 17.1. The van der Waals surface area contributed by atoms with E-state index in [1.165, 1.54) is 13.8 Å². The quantitative estimate of drug-likeness (QED) is 0.839. The van der Waals surface area contributed by atoms with Gasteiger partial charge >= 0.3 is 6.18 Å². The van der Waals surface area contributed by atoms with Gasteiger partial charge in [0, 0.05) is 6.04 Å². The second kappa shape index (κ2) is 6.62. The van der Waals surface area contributed by atoms with Gasteiger partial charge in [-0.2, -0.15) is 18.4 Å². The molecule has 1 rings (SSSR count). The summed E-state index contributed by atoms with van der Waals surface area (Å²) in [5.41, 5.74) is -1.52. The number of hydrogen-bond donors (Lipinski definition) is 1. The van der Waals surface area contributed by atoms with Gasteiger partial charge in [0.15, 0.2) is 5.25 Å². The van der Waals surface area contributed by atoms with Crippen molar-refractivity contribution in [3.05, 3.63) is 35.1 Å². The lowest BCUT2D eigenvalue weighted by atomic mass is 10.1. The Hall–Kier alpha value is -1.66. The fourth-order valence-corrected chi connectivity index (χ4v) is 3.18. The van der Waals surface area contributed by atoms with E-state index >= 15 is 0 Å². The molecule has 122 valence electrons. The molecular weight excluding hydrogens is 324 g/mol. The molecule has 0 unspecified atom stereocenters. The van der Waals surface area contributed by atoms with Crippen LogP contribution in [0, 0.1) is 17.1 Å². The minimum Gasteiger partial charge on any atom is -0.211 e. The van der Waals surface area contributed by atoms with Gasteiger partial charge in [0.25, 0.3) is 0 Å². The smallest absolute Gasteiger partial charge is 0.211 e. The van der Waals surface area contributed by atoms with Gasteiger partial charge in [0.1, 0.15) is 5.82 Å². The van der Waals surface area contributed by atoms with Crippen molar-refractivity contribution in [3.8, 4) is 6.07 Å². The van der Waals surface area contributed by atoms with Gasteiger partial charge in [-0.3, -0.25) is 0 Å². The standard InChI is InChI=1S/C13H14F4N2O2S/c1-3-10(7-18)22(20,21)19-8(2)9-4-5-12(14)11(6-9)13(15,16)17/h4-6,8,10,19H,3H2,1-2H3/t8-,10+/m1/s1. The molecule has 0 aliphatic carbocycles. The van der Waals surface area contributed by atoms with Gasteiger partial charge in [-0.15, -0.1) is 0 Å². The van der Waals surface area contributed by atoms with E-state index in [0.717, 1.165) is 6.07 Å². The minimum atomic E-state index is -4.88. The summed E-state index contributed by atoms with van der Waals surface area (Å²) in [6, 6.07) is 2.81. The summed E-state index contributed by atoms with van der Waals surface area (Å²) in [4.78, 5) is 0. The molecule has 0 heterocycles. The van der Waals surface area contributed by atoms with Crippen LogP contribution in [0.5, 0.6) is 0 Å². The number of rotatable bonds is 5. The van der Waals surface area contributed by atoms with Crippen LogP contribution in [-0.2, 0) is 16.2 Å². The van der Waals surface area contributed by atoms with E-state index in [4.69, 9.17) is 5.26 Å². The molecular formula is C13H14F4N2O2S. The predicted molar refractivity (Wildman–Crippen MR) is 71.6 cm³/mol. The van der Waals surface area contributed by atoms with E-state index in [1.807, 2.05) is 0 Å². The number of sulfonamides is 1. The number of benzene rings is 1. The Bertz CT molecular complexity index is 680. The molecule has 0 radical (unpaired) electrons. The van der Waals surface area contributed by atoms with Crippen molar-refractivity contribution in [1.29, 1.82) is 5.26 Å². The van der Waals surface area contributed by atoms with Crippen LogP contribution in [0.2, 0.25) is 0 Å². The Morgan fingerprint density at radius 1 is 1.36 bits per heavy atom. The minimum absolute atomic E-state index is 0.0375. The Balaban J connectivity index is 3.10. The second-order valence-electron chi connectivity index (χ2n) is 4.65. The van der Waals surface area contributed by atoms with Gasteiger partial charge in [0.05, 0.1) is 11.6 Å². The van der Waals surface area contributed by atoms with Gasteiger partial charge in [-0.25, -0.2) is 17.5 Å². The first-order valence-electron chi connectivity index (χ1n) is 6.30. The van der Waals surface area contributed by atoms with Crippen LogP contribution in [0.25, 0.3) is 0 Å². The number of alkyl halides is 3. The Morgan fingerprint density at radius 3 is 2.41 bits per heavy atom. The number of nitrogens with one attached hydrogen (secondary N) is 1. The third kappa shape index (κ3) is 4.18. The van der Waals surface area contributed by atoms with Crippen molar-refractivity contribution in [1.82, 2.24) is 4.72 Å². The summed E-state index contributed by atoms with van der Waals surface area (Å²) in [7, 11) is -4.01. The number of nitriles is 1. The maximum Gasteiger partial charge on any atom is 0.419 e. The fraction of sp³-hybridized carbons (Fsp3) is 0.462. The molecule has 0 aliphatic heterocycles. The SMILES string of the molecule is CC[C@@H](C#N)S(=O)(=O)N[C@H](C)c1ccc(F)c(C(F)(F)F)c1. The summed E-state index contributed by atoms with van der Waals surface area (Å²) in [6.45, 7) is 2.81. The molecule has 22 heavy (non-hydrogen) atoms. The monoisotopic (exact) mass is 338 g/mol. The van der Waals surface area contributed by atoms with Crippen molar-refractivity contribution in [3.63, 3.8) is 0 Å². The second-order valence-corrected chi connectivity index (χ2v) is 6.54. The summed E-state index contributed by atoms with van der Waals surface area (Å²) < 4.78 is 77.1. The highest BCUT2D eigenvalue weighted by atomic mass is 32.2. The molecule has 0 saturated heterocycles. The summed E-state index contributed by atoms with van der Waals surface area (Å²) >= 11 is 0. The molecule has 0 amide bonds. The van der Waals surface area contributed by atoms with Crippen molar-refractivity contribution in [2.75, 3.05) is 0 Å². The van der Waals surface area contributed by atoms with Crippen molar-refractivity contribution in [2.45, 2.75) is 37.7 Å². The van der Waals surface area contributed by atoms with E-state index in [9.17, 15) is 26.0 Å². The van der Waals surface area contributed by atoms with Gasteiger partial charge in [-0.1, -0.05) is 13.0 Å². The molecule has 0 aromatic heterocycles. The molecule has 1 aromatic rings. The molecule has 0 saturated carbocycles. The Morgan fingerprint density at radius 2 is 1.95 bits per heavy atom. The molecule has 4 nitrogen and oxygen atoms in total. The molecule has 1 N–H and O–H groups in total. The zero-order valence-corrected chi connectivity index (χ0v) is 12.6. The van der Waals surface area contributed by atoms with Crippen LogP contribution >= 0.6 is 0 Å². The topological polar surface area (TPSA) is 70.0 Å². The van der Waals surface area contributed by atoms with Gasteiger partial charge in [-0.05, 0) is 31.0 Å². The Kier molecular flexibility index (Phi) is 5.54. The average molecular weight is 338 g/mol. The maximum absolute atomic E-state index is 13.2. The molecule has 9 heteroatoms. The van der Waals surface area contributed by atoms with E-state index in [-0.39, 0.29) is 12.0 Å². The van der Waals surface area contributed by atoms with E-state index < -0.39 is 38.9 Å². The van der Waals surface area contributed by atoms with Gasteiger partial charge < -0.3 is 0 Å². The average Bonchev–Trinajstić information content (AvgIpc) is 2.38. The van der Waals surface area contributed by atoms with Crippen molar-refractivity contribution < 1.29 is 26.0 Å². The lowest BCUT2D eigenvalue weighted by Crippen LogP contribution is -2.35. The highest BCUT2D eigenvalue weighted by Crippen LogP contribution is 2.33. The summed E-state index contributed by atoms with van der Waals surface area (Å²) in [6.07, 6.45) is -4.84. The maximum atomic E-state index is 13.2.